The number of likely N-dealkylation sites (N-methyl/N-ethyl adjacent to an activating group) is 1. The average Bonchev–Trinajstić information content (AvgIpc) is 2.85. The molecule has 5 nitrogen and oxygen atoms in total. The number of amides is 1. The Bertz CT molecular complexity index is 1080. The van der Waals surface area contributed by atoms with Gasteiger partial charge in [-0.1, -0.05) is 62.2 Å². The van der Waals surface area contributed by atoms with Crippen LogP contribution in [0.25, 0.3) is 10.8 Å². The molecule has 0 aliphatic rings. The summed E-state index contributed by atoms with van der Waals surface area (Å²) >= 11 is 0. The Kier molecular flexibility index (Phi) is 8.87. The van der Waals surface area contributed by atoms with Crippen LogP contribution in [0.4, 0.5) is 0 Å². The van der Waals surface area contributed by atoms with Crippen LogP contribution in [0.15, 0.2) is 60.7 Å². The molecule has 33 heavy (non-hydrogen) atoms. The zero-order valence-corrected chi connectivity index (χ0v) is 19.8. The second-order valence-corrected chi connectivity index (χ2v) is 8.26. The smallest absolute Gasteiger partial charge is 0.337 e. The number of benzene rings is 3. The second-order valence-electron chi connectivity index (χ2n) is 8.26. The molecule has 0 spiro atoms. The van der Waals surface area contributed by atoms with Crippen LogP contribution in [0, 0.1) is 0 Å². The fourth-order valence-corrected chi connectivity index (χ4v) is 3.84. The molecule has 3 aromatic rings. The van der Waals surface area contributed by atoms with E-state index in [9.17, 15) is 9.59 Å². The number of carbonyl (C=O) groups excluding carboxylic acids is 2. The molecule has 0 unspecified atom stereocenters. The highest BCUT2D eigenvalue weighted by atomic mass is 16.5. The van der Waals surface area contributed by atoms with Gasteiger partial charge in [0.05, 0.1) is 25.7 Å². The zero-order valence-electron chi connectivity index (χ0n) is 19.8. The number of hydrogen-bond donors (Lipinski definition) is 0. The Morgan fingerprint density at radius 2 is 1.73 bits per heavy atom. The van der Waals surface area contributed by atoms with Gasteiger partial charge in [0, 0.05) is 19.0 Å². The Morgan fingerprint density at radius 1 is 0.939 bits per heavy atom. The highest BCUT2D eigenvalue weighted by molar-refractivity contribution is 6.00. The van der Waals surface area contributed by atoms with Gasteiger partial charge in [0.25, 0.3) is 0 Å². The molecule has 1 amide bonds. The van der Waals surface area contributed by atoms with Gasteiger partial charge in [0.15, 0.2) is 0 Å². The summed E-state index contributed by atoms with van der Waals surface area (Å²) in [7, 11) is 3.18. The maximum atomic E-state index is 13.0. The number of nitrogens with zero attached hydrogens (tertiary/aromatic N) is 1. The van der Waals surface area contributed by atoms with Crippen LogP contribution in [0.2, 0.25) is 0 Å². The number of unbranched alkanes of at least 4 members (excludes halogenated alkanes) is 2. The van der Waals surface area contributed by atoms with Crippen molar-refractivity contribution < 1.29 is 19.1 Å². The normalized spacial score (nSPS) is 10.8. The van der Waals surface area contributed by atoms with Crippen LogP contribution in [-0.4, -0.2) is 44.1 Å². The minimum atomic E-state index is -0.427. The largest absolute Gasteiger partial charge is 0.493 e. The first kappa shape index (κ1) is 24.3. The van der Waals surface area contributed by atoms with E-state index in [1.807, 2.05) is 43.4 Å². The highest BCUT2D eigenvalue weighted by Gasteiger charge is 2.17. The molecule has 0 bridgehead atoms. The predicted octanol–water partition coefficient (Wildman–Crippen LogP) is 5.44. The summed E-state index contributed by atoms with van der Waals surface area (Å²) in [6.07, 6.45) is 4.19. The monoisotopic (exact) mass is 447 g/mol. The number of methoxy groups -OCH3 is 1. The number of ether oxygens (including phenoxy) is 2. The first-order valence-corrected chi connectivity index (χ1v) is 11.6. The summed E-state index contributed by atoms with van der Waals surface area (Å²) in [6.45, 7) is 3.40. The maximum absolute atomic E-state index is 13.0. The molecule has 0 aliphatic heterocycles. The molecule has 174 valence electrons. The molecule has 5 heteroatoms. The Hall–Kier alpha value is -3.34. The van der Waals surface area contributed by atoms with Crippen molar-refractivity contribution in [2.24, 2.45) is 0 Å². The summed E-state index contributed by atoms with van der Waals surface area (Å²) in [5, 5.41) is 1.74. The first-order chi connectivity index (χ1) is 16.0. The number of esters is 1. The van der Waals surface area contributed by atoms with Gasteiger partial charge in [-0.15, -0.1) is 0 Å². The van der Waals surface area contributed by atoms with Crippen molar-refractivity contribution in [3.05, 3.63) is 77.4 Å². The van der Waals surface area contributed by atoms with Crippen LogP contribution in [0.3, 0.4) is 0 Å². The van der Waals surface area contributed by atoms with Crippen LogP contribution in [0.5, 0.6) is 5.75 Å². The van der Waals surface area contributed by atoms with Crippen molar-refractivity contribution >= 4 is 22.6 Å². The molecule has 0 heterocycles. The zero-order chi connectivity index (χ0) is 23.6. The number of rotatable bonds is 11. The third kappa shape index (κ3) is 6.58. The molecular weight excluding hydrogens is 414 g/mol. The van der Waals surface area contributed by atoms with Crippen LogP contribution >= 0.6 is 0 Å². The van der Waals surface area contributed by atoms with Gasteiger partial charge in [-0.05, 0) is 47.6 Å². The lowest BCUT2D eigenvalue weighted by Crippen LogP contribution is -2.30. The van der Waals surface area contributed by atoms with Crippen LogP contribution in [-0.2, 0) is 22.4 Å². The SMILES string of the molecule is CCCCCOc1cccc2c(CC(=O)N(C)CCc3ccccc3)cc(C(=O)OC)cc12. The molecule has 0 aromatic heterocycles. The molecular formula is C28H33NO4. The van der Waals surface area contributed by atoms with Crippen molar-refractivity contribution in [3.8, 4) is 5.75 Å². The first-order valence-electron chi connectivity index (χ1n) is 11.6. The Labute approximate surface area is 196 Å². The minimum Gasteiger partial charge on any atom is -0.493 e. The summed E-state index contributed by atoms with van der Waals surface area (Å²) in [6, 6.07) is 19.5. The van der Waals surface area contributed by atoms with Gasteiger partial charge in [0.2, 0.25) is 5.91 Å². The quantitative estimate of drug-likeness (QED) is 0.290. The van der Waals surface area contributed by atoms with Gasteiger partial charge in [-0.2, -0.15) is 0 Å². The molecule has 0 radical (unpaired) electrons. The topological polar surface area (TPSA) is 55.8 Å². The van der Waals surface area contributed by atoms with E-state index in [4.69, 9.17) is 9.47 Å². The molecule has 0 N–H and O–H groups in total. The lowest BCUT2D eigenvalue weighted by molar-refractivity contribution is -0.129. The van der Waals surface area contributed by atoms with Gasteiger partial charge >= 0.3 is 5.97 Å². The second kappa shape index (κ2) is 12.0. The third-order valence-electron chi connectivity index (χ3n) is 5.81. The minimum absolute atomic E-state index is 0.00325. The summed E-state index contributed by atoms with van der Waals surface area (Å²) in [5.74, 6) is 0.299. The number of carbonyl (C=O) groups is 2. The summed E-state index contributed by atoms with van der Waals surface area (Å²) in [4.78, 5) is 27.1. The van der Waals surface area contributed by atoms with Crippen molar-refractivity contribution in [1.29, 1.82) is 0 Å². The molecule has 0 fully saturated rings. The van der Waals surface area contributed by atoms with Crippen molar-refractivity contribution in [3.63, 3.8) is 0 Å². The molecule has 0 saturated carbocycles. The molecule has 3 rings (SSSR count). The average molecular weight is 448 g/mol. The summed E-state index contributed by atoms with van der Waals surface area (Å²) < 4.78 is 11.0. The van der Waals surface area contributed by atoms with E-state index in [0.717, 1.165) is 47.8 Å². The fraction of sp³-hybridized carbons (Fsp3) is 0.357. The van der Waals surface area contributed by atoms with E-state index in [1.54, 1.807) is 17.0 Å². The number of hydrogen-bond acceptors (Lipinski definition) is 4. The highest BCUT2D eigenvalue weighted by Crippen LogP contribution is 2.31. The van der Waals surface area contributed by atoms with Gasteiger partial charge in [-0.25, -0.2) is 4.79 Å². The van der Waals surface area contributed by atoms with Crippen LogP contribution in [0.1, 0.15) is 47.7 Å². The van der Waals surface area contributed by atoms with Crippen LogP contribution < -0.4 is 4.74 Å². The van der Waals surface area contributed by atoms with Gasteiger partial charge in [-0.3, -0.25) is 4.79 Å². The van der Waals surface area contributed by atoms with E-state index in [-0.39, 0.29) is 12.3 Å². The predicted molar refractivity (Wildman–Crippen MR) is 132 cm³/mol. The van der Waals surface area contributed by atoms with E-state index < -0.39 is 5.97 Å². The van der Waals surface area contributed by atoms with Crippen molar-refractivity contribution in [1.82, 2.24) is 4.90 Å². The van der Waals surface area contributed by atoms with E-state index in [0.29, 0.717) is 18.7 Å². The fourth-order valence-electron chi connectivity index (χ4n) is 3.84. The molecule has 0 atom stereocenters. The maximum Gasteiger partial charge on any atom is 0.337 e. The van der Waals surface area contributed by atoms with Crippen molar-refractivity contribution in [2.45, 2.75) is 39.0 Å². The van der Waals surface area contributed by atoms with E-state index >= 15 is 0 Å². The standard InChI is InChI=1S/C28H33NO4/c1-4-5-9-17-33-26-14-10-13-24-22(18-23(19-25(24)26)28(31)32-3)20-27(30)29(2)16-15-21-11-7-6-8-12-21/h6-8,10-14,18-19H,4-5,9,15-17,20H2,1-3H3. The van der Waals surface area contributed by atoms with E-state index in [2.05, 4.69) is 19.1 Å². The molecule has 0 saturated heterocycles. The number of fused-ring (bicyclic) bond motifs is 1. The molecule has 3 aromatic carbocycles. The Morgan fingerprint density at radius 3 is 2.45 bits per heavy atom. The summed E-state index contributed by atoms with van der Waals surface area (Å²) in [5.41, 5.74) is 2.41. The van der Waals surface area contributed by atoms with Gasteiger partial charge < -0.3 is 14.4 Å². The lowest BCUT2D eigenvalue weighted by atomic mass is 9.97. The lowest BCUT2D eigenvalue weighted by Gasteiger charge is -2.19. The van der Waals surface area contributed by atoms with E-state index in [1.165, 1.54) is 12.7 Å². The van der Waals surface area contributed by atoms with Crippen molar-refractivity contribution in [2.75, 3.05) is 27.3 Å². The molecule has 0 aliphatic carbocycles. The van der Waals surface area contributed by atoms with Gasteiger partial charge in [0.1, 0.15) is 5.75 Å². The third-order valence-corrected chi connectivity index (χ3v) is 5.81. The Balaban J connectivity index is 1.83.